The van der Waals surface area contributed by atoms with Gasteiger partial charge in [-0.05, 0) is 62.2 Å². The number of amides is 2. The van der Waals surface area contributed by atoms with Crippen LogP contribution in [0.1, 0.15) is 25.3 Å². The first-order chi connectivity index (χ1) is 13.0. The van der Waals surface area contributed by atoms with Crippen molar-refractivity contribution in [3.8, 4) is 5.75 Å². The summed E-state index contributed by atoms with van der Waals surface area (Å²) in [5.74, 6) is 0.633. The molecule has 3 rings (SSSR count). The molecule has 2 aromatic rings. The maximum Gasteiger partial charge on any atom is 0.246 e. The molecular weight excluding hydrogens is 342 g/mol. The monoisotopic (exact) mass is 367 g/mol. The number of methoxy groups -OCH3 is 1. The number of nitrogens with one attached hydrogen (secondary N) is 2. The van der Waals surface area contributed by atoms with Crippen molar-refractivity contribution in [2.75, 3.05) is 29.2 Å². The van der Waals surface area contributed by atoms with E-state index in [0.717, 1.165) is 29.9 Å². The number of aryl methyl sites for hydroxylation is 1. The van der Waals surface area contributed by atoms with E-state index >= 15 is 0 Å². The number of ether oxygens (including phenoxy) is 1. The van der Waals surface area contributed by atoms with Crippen LogP contribution in [-0.4, -0.2) is 31.5 Å². The highest BCUT2D eigenvalue weighted by Crippen LogP contribution is 2.26. The molecule has 1 fully saturated rings. The average Bonchev–Trinajstić information content (AvgIpc) is 3.08. The fourth-order valence-corrected chi connectivity index (χ4v) is 3.13. The van der Waals surface area contributed by atoms with Crippen LogP contribution in [0.2, 0.25) is 0 Å². The molecular formula is C21H25N3O3. The molecule has 0 aliphatic carbocycles. The van der Waals surface area contributed by atoms with Gasteiger partial charge in [-0.3, -0.25) is 9.59 Å². The van der Waals surface area contributed by atoms with Gasteiger partial charge in [-0.2, -0.15) is 0 Å². The van der Waals surface area contributed by atoms with Crippen LogP contribution in [0.5, 0.6) is 5.75 Å². The third-order valence-corrected chi connectivity index (χ3v) is 4.64. The minimum absolute atomic E-state index is 0.155. The lowest BCUT2D eigenvalue weighted by Crippen LogP contribution is -2.32. The molecule has 0 aromatic heterocycles. The van der Waals surface area contributed by atoms with Crippen molar-refractivity contribution < 1.29 is 14.3 Å². The van der Waals surface area contributed by atoms with E-state index in [9.17, 15) is 9.59 Å². The molecule has 0 saturated carbocycles. The summed E-state index contributed by atoms with van der Waals surface area (Å²) in [6, 6.07) is 12.8. The molecule has 6 nitrogen and oxygen atoms in total. The maximum atomic E-state index is 12.5. The topological polar surface area (TPSA) is 70.7 Å². The molecule has 1 heterocycles. The van der Waals surface area contributed by atoms with E-state index in [1.807, 2.05) is 49.4 Å². The van der Waals surface area contributed by atoms with E-state index < -0.39 is 6.04 Å². The molecule has 1 aliphatic rings. The lowest BCUT2D eigenvalue weighted by atomic mass is 10.2. The second-order valence-electron chi connectivity index (χ2n) is 6.75. The summed E-state index contributed by atoms with van der Waals surface area (Å²) < 4.78 is 5.30. The molecule has 0 bridgehead atoms. The number of carbonyl (C=O) groups excluding carboxylic acids is 2. The Kier molecular flexibility index (Phi) is 5.64. The molecule has 27 heavy (non-hydrogen) atoms. The molecule has 0 spiro atoms. The van der Waals surface area contributed by atoms with Gasteiger partial charge >= 0.3 is 0 Å². The van der Waals surface area contributed by atoms with Gasteiger partial charge in [0.25, 0.3) is 0 Å². The highest BCUT2D eigenvalue weighted by atomic mass is 16.5. The summed E-state index contributed by atoms with van der Waals surface area (Å²) in [5.41, 5.74) is 3.41. The molecule has 6 heteroatoms. The zero-order chi connectivity index (χ0) is 19.4. The van der Waals surface area contributed by atoms with Crippen molar-refractivity contribution in [3.05, 3.63) is 48.0 Å². The minimum Gasteiger partial charge on any atom is -0.495 e. The van der Waals surface area contributed by atoms with Crippen LogP contribution >= 0.6 is 0 Å². The number of nitrogens with zero attached hydrogens (tertiary/aromatic N) is 1. The fourth-order valence-electron chi connectivity index (χ4n) is 3.13. The van der Waals surface area contributed by atoms with Gasteiger partial charge in [0.1, 0.15) is 11.8 Å². The summed E-state index contributed by atoms with van der Waals surface area (Å²) >= 11 is 0. The SMILES string of the molecule is COc1ccc(C)cc1NC(=O)C(C)Nc1ccc(N2CCCC2=O)cc1. The second kappa shape index (κ2) is 8.12. The van der Waals surface area contributed by atoms with E-state index in [1.165, 1.54) is 0 Å². The van der Waals surface area contributed by atoms with Crippen LogP contribution in [0.15, 0.2) is 42.5 Å². The van der Waals surface area contributed by atoms with Crippen molar-refractivity contribution in [2.45, 2.75) is 32.7 Å². The second-order valence-corrected chi connectivity index (χ2v) is 6.75. The average molecular weight is 367 g/mol. The van der Waals surface area contributed by atoms with Gasteiger partial charge in [-0.1, -0.05) is 6.07 Å². The van der Waals surface area contributed by atoms with Crippen LogP contribution in [0.3, 0.4) is 0 Å². The normalized spacial score (nSPS) is 14.8. The zero-order valence-corrected chi connectivity index (χ0v) is 15.9. The minimum atomic E-state index is -0.436. The van der Waals surface area contributed by atoms with Gasteiger partial charge in [-0.15, -0.1) is 0 Å². The predicted octanol–water partition coefficient (Wildman–Crippen LogP) is 3.57. The number of anilines is 3. The Morgan fingerprint density at radius 1 is 1.19 bits per heavy atom. The number of benzene rings is 2. The molecule has 0 radical (unpaired) electrons. The lowest BCUT2D eigenvalue weighted by Gasteiger charge is -2.19. The third kappa shape index (κ3) is 4.39. The van der Waals surface area contributed by atoms with Crippen LogP contribution in [0.25, 0.3) is 0 Å². The predicted molar refractivity (Wildman–Crippen MR) is 107 cm³/mol. The first-order valence-electron chi connectivity index (χ1n) is 9.10. The highest BCUT2D eigenvalue weighted by Gasteiger charge is 2.21. The lowest BCUT2D eigenvalue weighted by molar-refractivity contribution is -0.117. The third-order valence-electron chi connectivity index (χ3n) is 4.64. The first-order valence-corrected chi connectivity index (χ1v) is 9.10. The van der Waals surface area contributed by atoms with Crippen molar-refractivity contribution in [2.24, 2.45) is 0 Å². The van der Waals surface area contributed by atoms with E-state index in [4.69, 9.17) is 4.74 Å². The Labute approximate surface area is 159 Å². The molecule has 1 atom stereocenters. The van der Waals surface area contributed by atoms with Gasteiger partial charge in [0.2, 0.25) is 11.8 Å². The van der Waals surface area contributed by atoms with Crippen molar-refractivity contribution in [3.63, 3.8) is 0 Å². The molecule has 1 aliphatic heterocycles. The summed E-state index contributed by atoms with van der Waals surface area (Å²) in [6.45, 7) is 4.53. The summed E-state index contributed by atoms with van der Waals surface area (Å²) in [4.78, 5) is 26.2. The fraction of sp³-hybridized carbons (Fsp3) is 0.333. The maximum absolute atomic E-state index is 12.5. The number of hydrogen-bond acceptors (Lipinski definition) is 4. The Morgan fingerprint density at radius 2 is 1.93 bits per heavy atom. The quantitative estimate of drug-likeness (QED) is 0.819. The largest absolute Gasteiger partial charge is 0.495 e. The first kappa shape index (κ1) is 18.8. The Balaban J connectivity index is 1.63. The molecule has 1 saturated heterocycles. The van der Waals surface area contributed by atoms with E-state index in [1.54, 1.807) is 18.9 Å². The zero-order valence-electron chi connectivity index (χ0n) is 15.9. The number of rotatable bonds is 6. The van der Waals surface area contributed by atoms with Crippen LogP contribution < -0.4 is 20.3 Å². The Bertz CT molecular complexity index is 833. The van der Waals surface area contributed by atoms with Crippen LogP contribution in [0.4, 0.5) is 17.1 Å². The van der Waals surface area contributed by atoms with Gasteiger partial charge in [0.15, 0.2) is 0 Å². The Hall–Kier alpha value is -3.02. The van der Waals surface area contributed by atoms with Crippen molar-refractivity contribution >= 4 is 28.9 Å². The van der Waals surface area contributed by atoms with Gasteiger partial charge in [0.05, 0.1) is 12.8 Å². The Morgan fingerprint density at radius 3 is 2.56 bits per heavy atom. The molecule has 142 valence electrons. The number of carbonyl (C=O) groups is 2. The van der Waals surface area contributed by atoms with Crippen molar-refractivity contribution in [1.82, 2.24) is 0 Å². The van der Waals surface area contributed by atoms with Crippen molar-refractivity contribution in [1.29, 1.82) is 0 Å². The molecule has 2 amide bonds. The molecule has 1 unspecified atom stereocenters. The van der Waals surface area contributed by atoms with Gasteiger partial charge < -0.3 is 20.3 Å². The van der Waals surface area contributed by atoms with Crippen LogP contribution in [0, 0.1) is 6.92 Å². The van der Waals surface area contributed by atoms with Crippen LogP contribution in [-0.2, 0) is 9.59 Å². The summed E-state index contributed by atoms with van der Waals surface area (Å²) in [7, 11) is 1.58. The molecule has 2 N–H and O–H groups in total. The van der Waals surface area contributed by atoms with E-state index in [0.29, 0.717) is 17.9 Å². The summed E-state index contributed by atoms with van der Waals surface area (Å²) in [6.07, 6.45) is 1.51. The summed E-state index contributed by atoms with van der Waals surface area (Å²) in [5, 5.41) is 6.09. The highest BCUT2D eigenvalue weighted by molar-refractivity contribution is 5.98. The van der Waals surface area contributed by atoms with E-state index in [2.05, 4.69) is 10.6 Å². The smallest absolute Gasteiger partial charge is 0.246 e. The van der Waals surface area contributed by atoms with Gasteiger partial charge in [-0.25, -0.2) is 0 Å². The van der Waals surface area contributed by atoms with Gasteiger partial charge in [0, 0.05) is 24.3 Å². The molecule has 2 aromatic carbocycles. The standard InChI is InChI=1S/C21H25N3O3/c1-14-6-11-19(27-3)18(13-14)23-21(26)15(2)22-16-7-9-17(10-8-16)24-12-4-5-20(24)25/h6-11,13,15,22H,4-5,12H2,1-3H3,(H,23,26). The van der Waals surface area contributed by atoms with E-state index in [-0.39, 0.29) is 11.8 Å². The number of hydrogen-bond donors (Lipinski definition) is 2.